The van der Waals surface area contributed by atoms with Crippen molar-refractivity contribution in [3.63, 3.8) is 0 Å². The predicted octanol–water partition coefficient (Wildman–Crippen LogP) is 5.46. The third-order valence-corrected chi connectivity index (χ3v) is 6.74. The van der Waals surface area contributed by atoms with Crippen molar-refractivity contribution in [3.8, 4) is 0 Å². The quantitative estimate of drug-likeness (QED) is 0.362. The number of nitrogens with one attached hydrogen (secondary N) is 1. The first-order valence-corrected chi connectivity index (χ1v) is 13.0. The first-order valence-electron chi connectivity index (χ1n) is 11.0. The molecule has 0 aromatic heterocycles. The molecular formula is C27H29BrN2O2S. The van der Waals surface area contributed by atoms with Gasteiger partial charge in [-0.05, 0) is 35.7 Å². The second-order valence-electron chi connectivity index (χ2n) is 7.73. The smallest absolute Gasteiger partial charge is 0.243 e. The van der Waals surface area contributed by atoms with Crippen LogP contribution < -0.4 is 5.32 Å². The van der Waals surface area contributed by atoms with Crippen molar-refractivity contribution >= 4 is 39.5 Å². The first kappa shape index (κ1) is 25.1. The molecule has 0 radical (unpaired) electrons. The number of hydrogen-bond donors (Lipinski definition) is 1. The lowest BCUT2D eigenvalue weighted by Crippen LogP contribution is -2.51. The largest absolute Gasteiger partial charge is 0.355 e. The number of rotatable bonds is 11. The van der Waals surface area contributed by atoms with Gasteiger partial charge in [0.15, 0.2) is 0 Å². The lowest BCUT2D eigenvalue weighted by atomic mass is 10.0. The van der Waals surface area contributed by atoms with E-state index in [9.17, 15) is 9.59 Å². The standard InChI is InChI=1S/C27H29BrN2O2S/c1-2-29-27(32)25(17-21-9-5-3-6-10-21)30(18-22-11-7-4-8-12-22)26(31)20-33-19-23-13-15-24(28)16-14-23/h3-16,25H,2,17-20H2,1H3,(H,29,32). The van der Waals surface area contributed by atoms with Gasteiger partial charge in [-0.1, -0.05) is 88.7 Å². The Kier molecular flexibility index (Phi) is 10.0. The van der Waals surface area contributed by atoms with Gasteiger partial charge in [0.05, 0.1) is 5.75 Å². The van der Waals surface area contributed by atoms with E-state index in [0.29, 0.717) is 25.3 Å². The average molecular weight is 526 g/mol. The average Bonchev–Trinajstić information content (AvgIpc) is 2.84. The van der Waals surface area contributed by atoms with Crippen LogP contribution in [0.15, 0.2) is 89.4 Å². The molecule has 2 amide bonds. The Hall–Kier alpha value is -2.57. The molecule has 4 nitrogen and oxygen atoms in total. The summed E-state index contributed by atoms with van der Waals surface area (Å²) in [6.07, 6.45) is 0.475. The number of nitrogens with zero attached hydrogens (tertiary/aromatic N) is 1. The third kappa shape index (κ3) is 8.06. The van der Waals surface area contributed by atoms with Gasteiger partial charge in [-0.3, -0.25) is 9.59 Å². The molecule has 0 saturated carbocycles. The summed E-state index contributed by atoms with van der Waals surface area (Å²) in [7, 11) is 0. The Morgan fingerprint density at radius 3 is 2.09 bits per heavy atom. The summed E-state index contributed by atoms with van der Waals surface area (Å²) in [4.78, 5) is 28.3. The van der Waals surface area contributed by atoms with Crippen molar-refractivity contribution in [3.05, 3.63) is 106 Å². The minimum Gasteiger partial charge on any atom is -0.355 e. The van der Waals surface area contributed by atoms with E-state index in [4.69, 9.17) is 0 Å². The number of thioether (sulfide) groups is 1. The van der Waals surface area contributed by atoms with E-state index in [2.05, 4.69) is 33.4 Å². The van der Waals surface area contributed by atoms with Crippen LogP contribution in [0, 0.1) is 0 Å². The van der Waals surface area contributed by atoms with E-state index in [1.54, 1.807) is 16.7 Å². The monoisotopic (exact) mass is 524 g/mol. The number of carbonyl (C=O) groups excluding carboxylic acids is 2. The van der Waals surface area contributed by atoms with Gasteiger partial charge in [-0.15, -0.1) is 11.8 Å². The molecule has 0 aliphatic rings. The highest BCUT2D eigenvalue weighted by molar-refractivity contribution is 9.10. The molecule has 0 aliphatic carbocycles. The van der Waals surface area contributed by atoms with Gasteiger partial charge in [-0.25, -0.2) is 0 Å². The zero-order valence-electron chi connectivity index (χ0n) is 18.7. The fraction of sp³-hybridized carbons (Fsp3) is 0.259. The molecule has 0 spiro atoms. The Morgan fingerprint density at radius 2 is 1.48 bits per heavy atom. The third-order valence-electron chi connectivity index (χ3n) is 5.23. The fourth-order valence-corrected chi connectivity index (χ4v) is 4.68. The van der Waals surface area contributed by atoms with Gasteiger partial charge < -0.3 is 10.2 Å². The summed E-state index contributed by atoms with van der Waals surface area (Å²) in [6, 6.07) is 27.3. The number of halogens is 1. The second kappa shape index (κ2) is 13.2. The molecule has 6 heteroatoms. The summed E-state index contributed by atoms with van der Waals surface area (Å²) in [5.74, 6) is 0.896. The van der Waals surface area contributed by atoms with Gasteiger partial charge in [0.2, 0.25) is 11.8 Å². The second-order valence-corrected chi connectivity index (χ2v) is 9.63. The van der Waals surface area contributed by atoms with Crippen LogP contribution in [0.2, 0.25) is 0 Å². The fourth-order valence-electron chi connectivity index (χ4n) is 3.55. The molecule has 1 N–H and O–H groups in total. The van der Waals surface area contributed by atoms with Crippen LogP contribution in [-0.2, 0) is 28.3 Å². The van der Waals surface area contributed by atoms with Crippen LogP contribution in [-0.4, -0.2) is 35.1 Å². The molecule has 3 aromatic carbocycles. The Balaban J connectivity index is 1.79. The van der Waals surface area contributed by atoms with Crippen molar-refractivity contribution in [2.24, 2.45) is 0 Å². The highest BCUT2D eigenvalue weighted by atomic mass is 79.9. The van der Waals surface area contributed by atoms with Crippen molar-refractivity contribution < 1.29 is 9.59 Å². The topological polar surface area (TPSA) is 49.4 Å². The van der Waals surface area contributed by atoms with E-state index >= 15 is 0 Å². The van der Waals surface area contributed by atoms with Crippen molar-refractivity contribution in [2.45, 2.75) is 31.7 Å². The van der Waals surface area contributed by atoms with Crippen LogP contribution in [0.4, 0.5) is 0 Å². The zero-order valence-corrected chi connectivity index (χ0v) is 21.1. The normalized spacial score (nSPS) is 11.6. The SMILES string of the molecule is CCNC(=O)C(Cc1ccccc1)N(Cc1ccccc1)C(=O)CSCc1ccc(Br)cc1. The number of likely N-dealkylation sites (N-methyl/N-ethyl adjacent to an activating group) is 1. The van der Waals surface area contributed by atoms with E-state index in [0.717, 1.165) is 26.9 Å². The highest BCUT2D eigenvalue weighted by Gasteiger charge is 2.29. The molecule has 0 bridgehead atoms. The van der Waals surface area contributed by atoms with Gasteiger partial charge in [0, 0.05) is 29.7 Å². The number of hydrogen-bond acceptors (Lipinski definition) is 3. The number of benzene rings is 3. The predicted molar refractivity (Wildman–Crippen MR) is 140 cm³/mol. The van der Waals surface area contributed by atoms with Crippen LogP contribution in [0.5, 0.6) is 0 Å². The zero-order chi connectivity index (χ0) is 23.5. The molecule has 1 atom stereocenters. The summed E-state index contributed by atoms with van der Waals surface area (Å²) >= 11 is 5.02. The van der Waals surface area contributed by atoms with Crippen LogP contribution >= 0.6 is 27.7 Å². The van der Waals surface area contributed by atoms with E-state index < -0.39 is 6.04 Å². The van der Waals surface area contributed by atoms with E-state index in [-0.39, 0.29) is 11.8 Å². The molecule has 3 rings (SSSR count). The molecular weight excluding hydrogens is 496 g/mol. The lowest BCUT2D eigenvalue weighted by Gasteiger charge is -2.31. The molecule has 0 saturated heterocycles. The summed E-state index contributed by atoms with van der Waals surface area (Å²) in [5, 5.41) is 2.93. The minimum absolute atomic E-state index is 0.0341. The molecule has 0 fully saturated rings. The molecule has 0 heterocycles. The van der Waals surface area contributed by atoms with Gasteiger partial charge in [-0.2, -0.15) is 0 Å². The molecule has 172 valence electrons. The first-order chi connectivity index (χ1) is 16.1. The van der Waals surface area contributed by atoms with Gasteiger partial charge in [0.1, 0.15) is 6.04 Å². The summed E-state index contributed by atoms with van der Waals surface area (Å²) < 4.78 is 1.03. The number of carbonyl (C=O) groups is 2. The van der Waals surface area contributed by atoms with Crippen LogP contribution in [0.3, 0.4) is 0 Å². The van der Waals surface area contributed by atoms with Crippen molar-refractivity contribution in [1.29, 1.82) is 0 Å². The van der Waals surface area contributed by atoms with E-state index in [1.165, 1.54) is 0 Å². The molecule has 0 aliphatic heterocycles. The van der Waals surface area contributed by atoms with Gasteiger partial charge >= 0.3 is 0 Å². The van der Waals surface area contributed by atoms with Crippen LogP contribution in [0.25, 0.3) is 0 Å². The molecule has 1 unspecified atom stereocenters. The maximum Gasteiger partial charge on any atom is 0.243 e. The Bertz CT molecular complexity index is 1010. The maximum atomic E-state index is 13.4. The summed E-state index contributed by atoms with van der Waals surface area (Å²) in [6.45, 7) is 2.82. The molecule has 33 heavy (non-hydrogen) atoms. The van der Waals surface area contributed by atoms with Crippen molar-refractivity contribution in [2.75, 3.05) is 12.3 Å². The highest BCUT2D eigenvalue weighted by Crippen LogP contribution is 2.19. The minimum atomic E-state index is -0.576. The summed E-state index contributed by atoms with van der Waals surface area (Å²) in [5.41, 5.74) is 3.20. The Morgan fingerprint density at radius 1 is 0.879 bits per heavy atom. The van der Waals surface area contributed by atoms with Crippen molar-refractivity contribution in [1.82, 2.24) is 10.2 Å². The molecule has 3 aromatic rings. The Labute approximate surface area is 208 Å². The lowest BCUT2D eigenvalue weighted by molar-refractivity contribution is -0.139. The maximum absolute atomic E-state index is 13.4. The van der Waals surface area contributed by atoms with E-state index in [1.807, 2.05) is 79.7 Å². The number of amides is 2. The van der Waals surface area contributed by atoms with Crippen LogP contribution in [0.1, 0.15) is 23.6 Å². The van der Waals surface area contributed by atoms with Gasteiger partial charge in [0.25, 0.3) is 0 Å².